The fourth-order valence-corrected chi connectivity index (χ4v) is 2.15. The Kier molecular flexibility index (Phi) is 5.79. The number of carbonyl (C=O) groups excluding carboxylic acids is 2. The Morgan fingerprint density at radius 3 is 2.43 bits per heavy atom. The highest BCUT2D eigenvalue weighted by Gasteiger charge is 2.30. The van der Waals surface area contributed by atoms with Gasteiger partial charge in [-0.05, 0) is 62.2 Å². The van der Waals surface area contributed by atoms with Crippen LogP contribution in [0.3, 0.4) is 0 Å². The summed E-state index contributed by atoms with van der Waals surface area (Å²) in [7, 11) is 0. The number of hydrogen-bond donors (Lipinski definition) is 3. The summed E-state index contributed by atoms with van der Waals surface area (Å²) in [5.74, 6) is 0.0627. The van der Waals surface area contributed by atoms with Crippen molar-refractivity contribution in [2.45, 2.75) is 26.7 Å². The van der Waals surface area contributed by atoms with Crippen LogP contribution in [-0.2, 0) is 9.59 Å². The average Bonchev–Trinajstić information content (AvgIpc) is 3.33. The van der Waals surface area contributed by atoms with Crippen LogP contribution >= 0.6 is 23.8 Å². The fourth-order valence-electron chi connectivity index (χ4n) is 1.89. The van der Waals surface area contributed by atoms with Crippen LogP contribution in [0.5, 0.6) is 5.75 Å². The Balaban J connectivity index is 1.72. The van der Waals surface area contributed by atoms with Gasteiger partial charge in [0.05, 0.1) is 0 Å². The topological polar surface area (TPSA) is 79.5 Å². The van der Waals surface area contributed by atoms with Gasteiger partial charge in [0.2, 0.25) is 5.91 Å². The largest absolute Gasteiger partial charge is 0.484 e. The summed E-state index contributed by atoms with van der Waals surface area (Å²) in [5, 5.41) is 3.25. The molecule has 0 saturated heterocycles. The molecule has 1 saturated carbocycles. The smallest absolute Gasteiger partial charge is 0.276 e. The van der Waals surface area contributed by atoms with Crippen molar-refractivity contribution in [3.8, 4) is 5.75 Å². The molecule has 1 aliphatic carbocycles. The third kappa shape index (κ3) is 5.37. The SMILES string of the molecule is Cc1cc(OCC(=O)NNC(=S)NC(=O)C2CC2)cc(C)c1Cl. The maximum absolute atomic E-state index is 11.7. The van der Waals surface area contributed by atoms with Gasteiger partial charge in [-0.2, -0.15) is 0 Å². The molecule has 23 heavy (non-hydrogen) atoms. The number of rotatable bonds is 4. The molecular formula is C15H18ClN3O3S. The van der Waals surface area contributed by atoms with Gasteiger partial charge >= 0.3 is 0 Å². The molecule has 0 aliphatic heterocycles. The summed E-state index contributed by atoms with van der Waals surface area (Å²) in [6.45, 7) is 3.54. The molecule has 1 aromatic rings. The van der Waals surface area contributed by atoms with Gasteiger partial charge in [0.1, 0.15) is 5.75 Å². The van der Waals surface area contributed by atoms with Gasteiger partial charge in [0, 0.05) is 10.9 Å². The van der Waals surface area contributed by atoms with Crippen molar-refractivity contribution in [1.82, 2.24) is 16.2 Å². The fraction of sp³-hybridized carbons (Fsp3) is 0.400. The van der Waals surface area contributed by atoms with Gasteiger partial charge in [0.15, 0.2) is 11.7 Å². The molecule has 0 aromatic heterocycles. The van der Waals surface area contributed by atoms with E-state index in [9.17, 15) is 9.59 Å². The Morgan fingerprint density at radius 1 is 1.26 bits per heavy atom. The lowest BCUT2D eigenvalue weighted by molar-refractivity contribution is -0.124. The second-order valence-corrected chi connectivity index (χ2v) is 6.21. The first-order valence-corrected chi connectivity index (χ1v) is 7.94. The lowest BCUT2D eigenvalue weighted by atomic mass is 10.1. The highest BCUT2D eigenvalue weighted by atomic mass is 35.5. The molecule has 8 heteroatoms. The molecule has 0 unspecified atom stereocenters. The van der Waals surface area contributed by atoms with Crippen molar-refractivity contribution in [3.05, 3.63) is 28.3 Å². The Hall–Kier alpha value is -1.86. The van der Waals surface area contributed by atoms with Crippen LogP contribution in [0, 0.1) is 19.8 Å². The molecule has 0 atom stereocenters. The van der Waals surface area contributed by atoms with Crippen molar-refractivity contribution in [2.24, 2.45) is 5.92 Å². The molecule has 124 valence electrons. The number of nitrogens with one attached hydrogen (secondary N) is 3. The van der Waals surface area contributed by atoms with Crippen LogP contribution in [0.15, 0.2) is 12.1 Å². The first kappa shape index (κ1) is 17.5. The first-order chi connectivity index (χ1) is 10.9. The average molecular weight is 356 g/mol. The highest BCUT2D eigenvalue weighted by Crippen LogP contribution is 2.28. The van der Waals surface area contributed by atoms with Crippen LogP contribution in [0.4, 0.5) is 0 Å². The number of hydrazine groups is 1. The number of ether oxygens (including phenoxy) is 1. The van der Waals surface area contributed by atoms with Crippen molar-refractivity contribution in [2.75, 3.05) is 6.61 Å². The number of hydrogen-bond acceptors (Lipinski definition) is 4. The monoisotopic (exact) mass is 355 g/mol. The molecule has 2 amide bonds. The van der Waals surface area contributed by atoms with Crippen molar-refractivity contribution < 1.29 is 14.3 Å². The predicted octanol–water partition coefficient (Wildman–Crippen LogP) is 1.77. The van der Waals surface area contributed by atoms with E-state index >= 15 is 0 Å². The Morgan fingerprint density at radius 2 is 1.87 bits per heavy atom. The predicted molar refractivity (Wildman–Crippen MR) is 91.2 cm³/mol. The van der Waals surface area contributed by atoms with Crippen molar-refractivity contribution >= 4 is 40.7 Å². The van der Waals surface area contributed by atoms with Crippen LogP contribution in [0.25, 0.3) is 0 Å². The summed E-state index contributed by atoms with van der Waals surface area (Å²) in [6.07, 6.45) is 1.77. The molecule has 1 fully saturated rings. The van der Waals surface area contributed by atoms with E-state index in [0.29, 0.717) is 10.8 Å². The van der Waals surface area contributed by atoms with Gasteiger partial charge in [0.25, 0.3) is 5.91 Å². The Bertz CT molecular complexity index is 624. The van der Waals surface area contributed by atoms with Gasteiger partial charge in [-0.1, -0.05) is 11.6 Å². The first-order valence-electron chi connectivity index (χ1n) is 7.16. The number of thiocarbonyl (C=S) groups is 1. The van der Waals surface area contributed by atoms with E-state index in [1.54, 1.807) is 12.1 Å². The van der Waals surface area contributed by atoms with Crippen LogP contribution in [-0.4, -0.2) is 23.5 Å². The summed E-state index contributed by atoms with van der Waals surface area (Å²) in [6, 6.07) is 3.52. The quantitative estimate of drug-likeness (QED) is 0.566. The van der Waals surface area contributed by atoms with E-state index in [-0.39, 0.29) is 23.5 Å². The van der Waals surface area contributed by atoms with Crippen LogP contribution in [0.2, 0.25) is 5.02 Å². The number of amides is 2. The zero-order valence-electron chi connectivity index (χ0n) is 12.9. The van der Waals surface area contributed by atoms with E-state index in [1.807, 2.05) is 13.8 Å². The third-order valence-electron chi connectivity index (χ3n) is 3.28. The summed E-state index contributed by atoms with van der Waals surface area (Å²) < 4.78 is 5.40. The standard InChI is InChI=1S/C15H18ClN3O3S/c1-8-5-11(6-9(2)13(8)16)22-7-12(20)18-19-15(23)17-14(21)10-3-4-10/h5-6,10H,3-4,7H2,1-2H3,(H,18,20)(H2,17,19,21,23). The molecule has 1 aliphatic rings. The van der Waals surface area contributed by atoms with Gasteiger partial charge < -0.3 is 10.1 Å². The summed E-state index contributed by atoms with van der Waals surface area (Å²) in [5.41, 5.74) is 6.58. The summed E-state index contributed by atoms with van der Waals surface area (Å²) >= 11 is 11.0. The maximum Gasteiger partial charge on any atom is 0.276 e. The minimum atomic E-state index is -0.418. The zero-order valence-corrected chi connectivity index (χ0v) is 14.4. The molecule has 0 heterocycles. The molecular weight excluding hydrogens is 338 g/mol. The molecule has 1 aromatic carbocycles. The maximum atomic E-state index is 11.7. The minimum Gasteiger partial charge on any atom is -0.484 e. The van der Waals surface area contributed by atoms with Gasteiger partial charge in [-0.25, -0.2) is 0 Å². The normalized spacial score (nSPS) is 13.2. The van der Waals surface area contributed by atoms with Gasteiger partial charge in [-0.15, -0.1) is 0 Å². The lowest BCUT2D eigenvalue weighted by Crippen LogP contribution is -2.50. The molecule has 2 rings (SSSR count). The van der Waals surface area contributed by atoms with E-state index in [1.165, 1.54) is 0 Å². The van der Waals surface area contributed by atoms with Crippen molar-refractivity contribution in [1.29, 1.82) is 0 Å². The Labute approximate surface area is 144 Å². The van der Waals surface area contributed by atoms with Crippen LogP contribution in [0.1, 0.15) is 24.0 Å². The zero-order chi connectivity index (χ0) is 17.0. The molecule has 3 N–H and O–H groups in total. The minimum absolute atomic E-state index is 0.0465. The van der Waals surface area contributed by atoms with Gasteiger partial charge in [-0.3, -0.25) is 20.4 Å². The summed E-state index contributed by atoms with van der Waals surface area (Å²) in [4.78, 5) is 23.2. The number of aryl methyl sites for hydroxylation is 2. The molecule has 0 spiro atoms. The number of halogens is 1. The highest BCUT2D eigenvalue weighted by molar-refractivity contribution is 7.80. The molecule has 0 bridgehead atoms. The second kappa shape index (κ2) is 7.61. The lowest BCUT2D eigenvalue weighted by Gasteiger charge is -2.12. The second-order valence-electron chi connectivity index (χ2n) is 5.43. The number of benzene rings is 1. The van der Waals surface area contributed by atoms with E-state index in [4.69, 9.17) is 28.6 Å². The van der Waals surface area contributed by atoms with E-state index in [2.05, 4.69) is 16.2 Å². The van der Waals surface area contributed by atoms with E-state index in [0.717, 1.165) is 24.0 Å². The van der Waals surface area contributed by atoms with Crippen LogP contribution < -0.4 is 20.9 Å². The number of carbonyl (C=O) groups is 2. The van der Waals surface area contributed by atoms with Crippen molar-refractivity contribution in [3.63, 3.8) is 0 Å². The third-order valence-corrected chi connectivity index (χ3v) is 4.08. The van der Waals surface area contributed by atoms with E-state index < -0.39 is 5.91 Å². The molecule has 0 radical (unpaired) electrons. The molecule has 6 nitrogen and oxygen atoms in total.